The largest absolute Gasteiger partial charge is 0.268 e. The highest BCUT2D eigenvalue weighted by atomic mass is 16.2. The molecular weight excluding hydrogens is 322 g/mol. The van der Waals surface area contributed by atoms with Gasteiger partial charge in [0.25, 0.3) is 11.8 Å². The van der Waals surface area contributed by atoms with E-state index in [9.17, 15) is 9.59 Å². The summed E-state index contributed by atoms with van der Waals surface area (Å²) < 4.78 is 0. The van der Waals surface area contributed by atoms with E-state index in [4.69, 9.17) is 0 Å². The van der Waals surface area contributed by atoms with Crippen molar-refractivity contribution in [2.45, 2.75) is 6.92 Å². The Labute approximate surface area is 151 Å². The molecule has 0 radical (unpaired) electrons. The number of nitrogens with zero attached hydrogens (tertiary/aromatic N) is 1. The number of amides is 2. The zero-order valence-corrected chi connectivity index (χ0v) is 14.2. The summed E-state index contributed by atoms with van der Waals surface area (Å²) in [6.07, 6.45) is 0. The summed E-state index contributed by atoms with van der Waals surface area (Å²) in [5, 5.41) is 0. The summed E-state index contributed by atoms with van der Waals surface area (Å²) in [5.74, 6) is 5.52. The van der Waals surface area contributed by atoms with Crippen molar-refractivity contribution in [2.24, 2.45) is 0 Å². The van der Waals surface area contributed by atoms with Crippen LogP contribution in [-0.4, -0.2) is 11.8 Å². The van der Waals surface area contributed by atoms with Crippen LogP contribution in [0.25, 0.3) is 0 Å². The molecule has 0 bridgehead atoms. The van der Waals surface area contributed by atoms with Crippen molar-refractivity contribution in [3.63, 3.8) is 0 Å². The van der Waals surface area contributed by atoms with Gasteiger partial charge >= 0.3 is 0 Å². The van der Waals surface area contributed by atoms with Crippen LogP contribution in [0.2, 0.25) is 0 Å². The first kappa shape index (κ1) is 15.9. The third-order valence-electron chi connectivity index (χ3n) is 4.30. The van der Waals surface area contributed by atoms with Gasteiger partial charge in [0, 0.05) is 11.1 Å². The van der Waals surface area contributed by atoms with Crippen LogP contribution < -0.4 is 4.90 Å². The molecule has 0 atom stereocenters. The smallest absolute Gasteiger partial charge is 0.266 e. The summed E-state index contributed by atoms with van der Waals surface area (Å²) in [7, 11) is 0. The van der Waals surface area contributed by atoms with Crippen LogP contribution in [0.15, 0.2) is 72.8 Å². The molecule has 3 aromatic rings. The molecule has 1 heterocycles. The summed E-state index contributed by atoms with van der Waals surface area (Å²) >= 11 is 0. The fourth-order valence-electron chi connectivity index (χ4n) is 2.91. The molecule has 0 fully saturated rings. The Hall–Kier alpha value is -3.64. The molecule has 3 aromatic carbocycles. The second kappa shape index (κ2) is 6.34. The zero-order chi connectivity index (χ0) is 18.1. The van der Waals surface area contributed by atoms with E-state index in [0.717, 1.165) is 11.1 Å². The molecule has 26 heavy (non-hydrogen) atoms. The predicted octanol–water partition coefficient (Wildman–Crippen LogP) is 4.20. The van der Waals surface area contributed by atoms with Gasteiger partial charge in [-0.1, -0.05) is 47.7 Å². The Bertz CT molecular complexity index is 1070. The van der Waals surface area contributed by atoms with Crippen molar-refractivity contribution < 1.29 is 9.59 Å². The van der Waals surface area contributed by atoms with E-state index >= 15 is 0 Å². The number of hydrogen-bond donors (Lipinski definition) is 0. The minimum absolute atomic E-state index is 0.295. The number of aryl methyl sites for hydroxylation is 1. The molecule has 0 spiro atoms. The molecule has 0 unspecified atom stereocenters. The maximum absolute atomic E-state index is 12.8. The number of rotatable bonds is 1. The second-order valence-electron chi connectivity index (χ2n) is 6.16. The van der Waals surface area contributed by atoms with Crippen LogP contribution in [-0.2, 0) is 0 Å². The second-order valence-corrected chi connectivity index (χ2v) is 6.16. The third-order valence-corrected chi connectivity index (χ3v) is 4.30. The van der Waals surface area contributed by atoms with Gasteiger partial charge in [-0.15, -0.1) is 0 Å². The summed E-state index contributed by atoms with van der Waals surface area (Å²) in [4.78, 5) is 26.6. The fraction of sp³-hybridized carbons (Fsp3) is 0.0435. The maximum Gasteiger partial charge on any atom is 0.266 e. The maximum atomic E-state index is 12.8. The Morgan fingerprint density at radius 2 is 1.35 bits per heavy atom. The van der Waals surface area contributed by atoms with Gasteiger partial charge in [0.15, 0.2) is 0 Å². The number of fused-ring (bicyclic) bond motifs is 1. The average Bonchev–Trinajstić information content (AvgIpc) is 2.92. The number of benzene rings is 3. The van der Waals surface area contributed by atoms with Crippen LogP contribution in [0.5, 0.6) is 0 Å². The number of imide groups is 1. The van der Waals surface area contributed by atoms with Gasteiger partial charge in [-0.2, -0.15) is 0 Å². The first-order valence-corrected chi connectivity index (χ1v) is 8.30. The fourth-order valence-corrected chi connectivity index (χ4v) is 2.91. The summed E-state index contributed by atoms with van der Waals surface area (Å²) in [6.45, 7) is 1.96. The Kier molecular flexibility index (Phi) is 3.87. The number of carbonyl (C=O) groups excluding carboxylic acids is 2. The van der Waals surface area contributed by atoms with Crippen molar-refractivity contribution in [2.75, 3.05) is 4.90 Å². The van der Waals surface area contributed by atoms with E-state index < -0.39 is 0 Å². The molecule has 1 aliphatic heterocycles. The minimum Gasteiger partial charge on any atom is -0.268 e. The van der Waals surface area contributed by atoms with Crippen molar-refractivity contribution in [3.05, 3.63) is 101 Å². The lowest BCUT2D eigenvalue weighted by atomic mass is 10.1. The molecule has 124 valence electrons. The molecule has 2 amide bonds. The van der Waals surface area contributed by atoms with Gasteiger partial charge in [-0.05, 0) is 49.4 Å². The van der Waals surface area contributed by atoms with Crippen molar-refractivity contribution >= 4 is 17.5 Å². The van der Waals surface area contributed by atoms with Crippen molar-refractivity contribution in [1.29, 1.82) is 0 Å². The molecule has 3 nitrogen and oxygen atoms in total. The predicted molar refractivity (Wildman–Crippen MR) is 101 cm³/mol. The molecule has 0 saturated carbocycles. The van der Waals surface area contributed by atoms with E-state index in [1.54, 1.807) is 30.3 Å². The molecule has 4 rings (SSSR count). The SMILES string of the molecule is Cc1ccc(N2C(=O)c3ccc(C#Cc4ccccc4)cc3C2=O)cc1. The van der Waals surface area contributed by atoms with Gasteiger partial charge in [-0.25, -0.2) is 4.90 Å². The van der Waals surface area contributed by atoms with E-state index in [2.05, 4.69) is 11.8 Å². The Morgan fingerprint density at radius 1 is 0.692 bits per heavy atom. The van der Waals surface area contributed by atoms with Crippen LogP contribution in [0.4, 0.5) is 5.69 Å². The minimum atomic E-state index is -0.308. The molecule has 0 aromatic heterocycles. The van der Waals surface area contributed by atoms with Crippen LogP contribution >= 0.6 is 0 Å². The lowest BCUT2D eigenvalue weighted by molar-refractivity contribution is 0.0926. The standard InChI is InChI=1S/C23H15NO2/c1-16-7-12-19(13-8-16)24-22(25)20-14-11-18(15-21(20)23(24)26)10-9-17-5-3-2-4-6-17/h2-8,11-15H,1H3. The summed E-state index contributed by atoms with van der Waals surface area (Å²) in [6, 6.07) is 22.1. The highest BCUT2D eigenvalue weighted by Gasteiger charge is 2.36. The highest BCUT2D eigenvalue weighted by Crippen LogP contribution is 2.29. The van der Waals surface area contributed by atoms with Crippen LogP contribution in [0, 0.1) is 18.8 Å². The molecular formula is C23H15NO2. The zero-order valence-electron chi connectivity index (χ0n) is 14.2. The van der Waals surface area contributed by atoms with E-state index in [-0.39, 0.29) is 11.8 Å². The quantitative estimate of drug-likeness (QED) is 0.493. The van der Waals surface area contributed by atoms with Gasteiger partial charge < -0.3 is 0 Å². The van der Waals surface area contributed by atoms with Crippen LogP contribution in [0.1, 0.15) is 37.4 Å². The molecule has 0 saturated heterocycles. The number of carbonyl (C=O) groups is 2. The monoisotopic (exact) mass is 337 g/mol. The first-order valence-electron chi connectivity index (χ1n) is 8.30. The normalized spacial score (nSPS) is 12.6. The third kappa shape index (κ3) is 2.78. The molecule has 1 aliphatic rings. The average molecular weight is 337 g/mol. The highest BCUT2D eigenvalue weighted by molar-refractivity contribution is 6.34. The lowest BCUT2D eigenvalue weighted by Crippen LogP contribution is -2.29. The van der Waals surface area contributed by atoms with Gasteiger partial charge in [-0.3, -0.25) is 9.59 Å². The molecule has 0 aliphatic carbocycles. The topological polar surface area (TPSA) is 37.4 Å². The van der Waals surface area contributed by atoms with Crippen molar-refractivity contribution in [3.8, 4) is 11.8 Å². The number of hydrogen-bond acceptors (Lipinski definition) is 2. The van der Waals surface area contributed by atoms with Gasteiger partial charge in [0.2, 0.25) is 0 Å². The Morgan fingerprint density at radius 3 is 2.08 bits per heavy atom. The van der Waals surface area contributed by atoms with Gasteiger partial charge in [0.1, 0.15) is 0 Å². The van der Waals surface area contributed by atoms with Crippen molar-refractivity contribution in [1.82, 2.24) is 0 Å². The van der Waals surface area contributed by atoms with E-state index in [1.165, 1.54) is 4.90 Å². The molecule has 3 heteroatoms. The lowest BCUT2D eigenvalue weighted by Gasteiger charge is -2.13. The first-order chi connectivity index (χ1) is 12.6. The summed E-state index contributed by atoms with van der Waals surface area (Å²) in [5.41, 5.74) is 4.08. The number of anilines is 1. The van der Waals surface area contributed by atoms with Crippen LogP contribution in [0.3, 0.4) is 0 Å². The van der Waals surface area contributed by atoms with E-state index in [1.807, 2.05) is 49.4 Å². The van der Waals surface area contributed by atoms with Gasteiger partial charge in [0.05, 0.1) is 16.8 Å². The van der Waals surface area contributed by atoms with E-state index in [0.29, 0.717) is 22.4 Å². The Balaban J connectivity index is 1.68. The molecule has 0 N–H and O–H groups in total.